The number of ether oxygens (including phenoxy) is 1. The summed E-state index contributed by atoms with van der Waals surface area (Å²) in [7, 11) is 0. The minimum atomic E-state index is -0.512. The van der Waals surface area contributed by atoms with Gasteiger partial charge < -0.3 is 15.4 Å². The molecular formula is C12H9ClN2O3. The number of benzene rings is 1. The first-order chi connectivity index (χ1) is 8.65. The van der Waals surface area contributed by atoms with Gasteiger partial charge in [-0.05, 0) is 17.7 Å². The van der Waals surface area contributed by atoms with Crippen LogP contribution in [0.5, 0.6) is 0 Å². The van der Waals surface area contributed by atoms with E-state index in [1.807, 2.05) is 0 Å². The molecule has 0 spiro atoms. The molecule has 1 atom stereocenters. The van der Waals surface area contributed by atoms with E-state index >= 15 is 0 Å². The molecule has 3 rings (SSSR count). The largest absolute Gasteiger partial charge is 0.456 e. The third kappa shape index (κ3) is 1.73. The topological polar surface area (TPSA) is 67.4 Å². The van der Waals surface area contributed by atoms with Crippen molar-refractivity contribution < 1.29 is 14.3 Å². The van der Waals surface area contributed by atoms with Gasteiger partial charge in [0.1, 0.15) is 6.61 Å². The molecule has 2 N–H and O–H groups in total. The van der Waals surface area contributed by atoms with E-state index < -0.39 is 12.0 Å². The van der Waals surface area contributed by atoms with Crippen LogP contribution < -0.4 is 10.6 Å². The molecule has 18 heavy (non-hydrogen) atoms. The summed E-state index contributed by atoms with van der Waals surface area (Å²) < 4.78 is 4.93. The Bertz CT molecular complexity index is 582. The highest BCUT2D eigenvalue weighted by Crippen LogP contribution is 2.31. The molecule has 92 valence electrons. The fourth-order valence-electron chi connectivity index (χ4n) is 2.12. The number of cyclic esters (lactones) is 1. The fraction of sp³-hybridized carbons (Fsp3) is 0.167. The Kier molecular flexibility index (Phi) is 2.48. The van der Waals surface area contributed by atoms with Gasteiger partial charge in [-0.15, -0.1) is 0 Å². The predicted molar refractivity (Wildman–Crippen MR) is 63.8 cm³/mol. The minimum absolute atomic E-state index is 0.110. The highest BCUT2D eigenvalue weighted by Gasteiger charge is 2.37. The Morgan fingerprint density at radius 3 is 2.94 bits per heavy atom. The molecule has 0 bridgehead atoms. The van der Waals surface area contributed by atoms with Gasteiger partial charge >= 0.3 is 12.0 Å². The van der Waals surface area contributed by atoms with Crippen LogP contribution in [0.2, 0.25) is 5.02 Å². The summed E-state index contributed by atoms with van der Waals surface area (Å²) in [6.45, 7) is 0.110. The Hall–Kier alpha value is -2.01. The highest BCUT2D eigenvalue weighted by molar-refractivity contribution is 6.30. The molecule has 0 radical (unpaired) electrons. The van der Waals surface area contributed by atoms with Crippen LogP contribution >= 0.6 is 11.6 Å². The van der Waals surface area contributed by atoms with Crippen molar-refractivity contribution in [1.82, 2.24) is 10.6 Å². The molecule has 2 aliphatic heterocycles. The van der Waals surface area contributed by atoms with Crippen LogP contribution in [0.25, 0.3) is 0 Å². The Balaban J connectivity index is 2.07. The zero-order valence-corrected chi connectivity index (χ0v) is 9.95. The Morgan fingerprint density at radius 1 is 1.33 bits per heavy atom. The van der Waals surface area contributed by atoms with Gasteiger partial charge in [-0.25, -0.2) is 9.59 Å². The van der Waals surface area contributed by atoms with E-state index in [4.69, 9.17) is 16.3 Å². The lowest BCUT2D eigenvalue weighted by Gasteiger charge is -2.24. The molecule has 2 amide bonds. The van der Waals surface area contributed by atoms with Gasteiger partial charge in [0.25, 0.3) is 0 Å². The molecule has 0 saturated carbocycles. The van der Waals surface area contributed by atoms with Gasteiger partial charge in [0.15, 0.2) is 0 Å². The van der Waals surface area contributed by atoms with Gasteiger partial charge in [-0.1, -0.05) is 23.7 Å². The number of rotatable bonds is 1. The molecule has 1 aromatic carbocycles. The zero-order valence-electron chi connectivity index (χ0n) is 9.20. The van der Waals surface area contributed by atoms with E-state index in [1.54, 1.807) is 24.3 Å². The third-order valence-corrected chi connectivity index (χ3v) is 3.14. The van der Waals surface area contributed by atoms with Crippen LogP contribution in [-0.4, -0.2) is 18.6 Å². The van der Waals surface area contributed by atoms with Crippen LogP contribution in [0.1, 0.15) is 11.6 Å². The maximum absolute atomic E-state index is 11.7. The molecule has 0 fully saturated rings. The van der Waals surface area contributed by atoms with Crippen molar-refractivity contribution in [2.45, 2.75) is 6.04 Å². The summed E-state index contributed by atoms with van der Waals surface area (Å²) in [5.74, 6) is -0.414. The minimum Gasteiger partial charge on any atom is -0.456 e. The number of carbonyl (C=O) groups excluding carboxylic acids is 2. The van der Waals surface area contributed by atoms with Crippen molar-refractivity contribution in [3.8, 4) is 0 Å². The number of carbonyl (C=O) groups is 2. The van der Waals surface area contributed by atoms with Crippen molar-refractivity contribution in [3.05, 3.63) is 46.1 Å². The fourth-order valence-corrected chi connectivity index (χ4v) is 2.32. The summed E-state index contributed by atoms with van der Waals surface area (Å²) in [5, 5.41) is 5.82. The van der Waals surface area contributed by atoms with E-state index in [-0.39, 0.29) is 12.6 Å². The van der Waals surface area contributed by atoms with Crippen LogP contribution in [0.15, 0.2) is 35.5 Å². The lowest BCUT2D eigenvalue weighted by atomic mass is 9.96. The molecule has 0 aliphatic carbocycles. The number of nitrogens with one attached hydrogen (secondary N) is 2. The average Bonchev–Trinajstić information content (AvgIpc) is 2.70. The number of hydrogen-bond donors (Lipinski definition) is 2. The van der Waals surface area contributed by atoms with E-state index in [1.165, 1.54) is 0 Å². The summed E-state index contributed by atoms with van der Waals surface area (Å²) >= 11 is 5.92. The number of amides is 2. The molecule has 2 aliphatic rings. The van der Waals surface area contributed by atoms with Gasteiger partial charge in [-0.2, -0.15) is 0 Å². The van der Waals surface area contributed by atoms with Crippen molar-refractivity contribution in [3.63, 3.8) is 0 Å². The number of urea groups is 1. The molecule has 0 aromatic heterocycles. The van der Waals surface area contributed by atoms with E-state index in [0.717, 1.165) is 5.56 Å². The second-order valence-electron chi connectivity index (χ2n) is 4.05. The molecule has 1 aromatic rings. The van der Waals surface area contributed by atoms with Gasteiger partial charge in [0, 0.05) is 5.02 Å². The number of hydrogen-bond acceptors (Lipinski definition) is 3. The van der Waals surface area contributed by atoms with Crippen molar-refractivity contribution in [1.29, 1.82) is 0 Å². The Labute approximate surface area is 108 Å². The first-order valence-electron chi connectivity index (χ1n) is 5.38. The Morgan fingerprint density at radius 2 is 2.17 bits per heavy atom. The summed E-state index contributed by atoms with van der Waals surface area (Å²) in [6, 6.07) is 6.16. The van der Waals surface area contributed by atoms with Crippen LogP contribution in [0.4, 0.5) is 4.79 Å². The number of halogens is 1. The molecular weight excluding hydrogens is 256 g/mol. The van der Waals surface area contributed by atoms with Gasteiger partial charge in [-0.3, -0.25) is 0 Å². The molecule has 5 nitrogen and oxygen atoms in total. The zero-order chi connectivity index (χ0) is 12.7. The van der Waals surface area contributed by atoms with Crippen LogP contribution in [-0.2, 0) is 9.53 Å². The van der Waals surface area contributed by atoms with Crippen molar-refractivity contribution >= 4 is 23.6 Å². The standard InChI is InChI=1S/C12H9ClN2O3/c13-7-3-1-2-6(4-7)10-9-8(5-18-11(9)16)14-12(17)15-10/h1-4,10H,5H2,(H2,14,15,17)/t10-/m0/s1. The van der Waals surface area contributed by atoms with Gasteiger partial charge in [0.05, 0.1) is 17.3 Å². The lowest BCUT2D eigenvalue weighted by molar-refractivity contribution is -0.136. The third-order valence-electron chi connectivity index (χ3n) is 2.90. The first-order valence-corrected chi connectivity index (χ1v) is 5.76. The number of esters is 1. The predicted octanol–water partition coefficient (Wildman–Crippen LogP) is 1.50. The maximum Gasteiger partial charge on any atom is 0.338 e. The first kappa shape index (κ1) is 11.1. The smallest absolute Gasteiger partial charge is 0.338 e. The maximum atomic E-state index is 11.7. The van der Waals surface area contributed by atoms with Crippen molar-refractivity contribution in [2.24, 2.45) is 0 Å². The summed E-state index contributed by atoms with van der Waals surface area (Å²) in [6.07, 6.45) is 0. The molecule has 6 heteroatoms. The quantitative estimate of drug-likeness (QED) is 0.756. The second kappa shape index (κ2) is 4.03. The monoisotopic (exact) mass is 264 g/mol. The van der Waals surface area contributed by atoms with Gasteiger partial charge in [0.2, 0.25) is 0 Å². The van der Waals surface area contributed by atoms with E-state index in [2.05, 4.69) is 10.6 Å². The average molecular weight is 265 g/mol. The SMILES string of the molecule is O=C1NC2=C(C(=O)OC2)[C@H](c2cccc(Cl)c2)N1. The summed E-state index contributed by atoms with van der Waals surface area (Å²) in [4.78, 5) is 23.2. The van der Waals surface area contributed by atoms with Crippen molar-refractivity contribution in [2.75, 3.05) is 6.61 Å². The van der Waals surface area contributed by atoms with E-state index in [0.29, 0.717) is 16.3 Å². The molecule has 0 saturated heterocycles. The summed E-state index contributed by atoms with van der Waals surface area (Å²) in [5.41, 5.74) is 1.72. The van der Waals surface area contributed by atoms with Crippen LogP contribution in [0, 0.1) is 0 Å². The molecule has 2 heterocycles. The normalized spacial score (nSPS) is 22.2. The lowest BCUT2D eigenvalue weighted by Crippen LogP contribution is -2.44. The van der Waals surface area contributed by atoms with Crippen LogP contribution in [0.3, 0.4) is 0 Å². The second-order valence-corrected chi connectivity index (χ2v) is 4.49. The molecule has 0 unspecified atom stereocenters. The highest BCUT2D eigenvalue weighted by atomic mass is 35.5. The van der Waals surface area contributed by atoms with E-state index in [9.17, 15) is 9.59 Å².